The van der Waals surface area contributed by atoms with Gasteiger partial charge in [-0.15, -0.1) is 0 Å². The quantitative estimate of drug-likeness (QED) is 0.587. The standard InChI is InChI=1S/C12H10O6/c1-17-5-3-4-6(18-2)8-7(5)9(13)11(15)12(16)10(8)14/h3-4,11,15H,1-2H3. The number of ether oxygens (including phenoxy) is 2. The van der Waals surface area contributed by atoms with Gasteiger partial charge in [0, 0.05) is 0 Å². The van der Waals surface area contributed by atoms with Gasteiger partial charge in [0.15, 0.2) is 6.10 Å². The zero-order valence-electron chi connectivity index (χ0n) is 9.72. The molecule has 1 atom stereocenters. The van der Waals surface area contributed by atoms with E-state index in [4.69, 9.17) is 9.47 Å². The molecule has 0 bridgehead atoms. The molecule has 0 heterocycles. The van der Waals surface area contributed by atoms with E-state index in [9.17, 15) is 19.5 Å². The number of aliphatic hydroxyl groups is 1. The summed E-state index contributed by atoms with van der Waals surface area (Å²) in [5.41, 5.74) is -0.272. The second-order valence-electron chi connectivity index (χ2n) is 3.68. The van der Waals surface area contributed by atoms with Crippen LogP contribution in [0.2, 0.25) is 0 Å². The maximum Gasteiger partial charge on any atom is 0.239 e. The van der Waals surface area contributed by atoms with Crippen LogP contribution >= 0.6 is 0 Å². The number of methoxy groups -OCH3 is 2. The molecule has 94 valence electrons. The van der Waals surface area contributed by atoms with Crippen LogP contribution in [0.5, 0.6) is 11.5 Å². The van der Waals surface area contributed by atoms with Crippen molar-refractivity contribution in [2.45, 2.75) is 6.10 Å². The van der Waals surface area contributed by atoms with E-state index in [2.05, 4.69) is 0 Å². The molecule has 0 spiro atoms. The Bertz CT molecular complexity index is 560. The molecule has 1 unspecified atom stereocenters. The number of hydrogen-bond donors (Lipinski definition) is 1. The van der Waals surface area contributed by atoms with Gasteiger partial charge in [0.25, 0.3) is 0 Å². The molecule has 1 aliphatic rings. The van der Waals surface area contributed by atoms with Crippen molar-refractivity contribution in [2.24, 2.45) is 0 Å². The van der Waals surface area contributed by atoms with Crippen LogP contribution in [0.3, 0.4) is 0 Å². The van der Waals surface area contributed by atoms with Crippen molar-refractivity contribution in [3.05, 3.63) is 23.3 Å². The molecule has 0 fully saturated rings. The van der Waals surface area contributed by atoms with E-state index in [0.717, 1.165) is 0 Å². The Morgan fingerprint density at radius 1 is 0.944 bits per heavy atom. The molecular weight excluding hydrogens is 240 g/mol. The van der Waals surface area contributed by atoms with Gasteiger partial charge in [0.1, 0.15) is 11.5 Å². The molecule has 0 saturated heterocycles. The van der Waals surface area contributed by atoms with E-state index in [0.29, 0.717) is 0 Å². The molecule has 6 heteroatoms. The number of fused-ring (bicyclic) bond motifs is 1. The van der Waals surface area contributed by atoms with Crippen molar-refractivity contribution in [1.82, 2.24) is 0 Å². The fourth-order valence-electron chi connectivity index (χ4n) is 1.88. The predicted molar refractivity (Wildman–Crippen MR) is 59.2 cm³/mol. The van der Waals surface area contributed by atoms with E-state index >= 15 is 0 Å². The van der Waals surface area contributed by atoms with Crippen LogP contribution < -0.4 is 9.47 Å². The Kier molecular flexibility index (Phi) is 2.88. The van der Waals surface area contributed by atoms with Gasteiger partial charge >= 0.3 is 0 Å². The normalized spacial score (nSPS) is 18.6. The van der Waals surface area contributed by atoms with Gasteiger partial charge in [-0.25, -0.2) is 0 Å². The number of aliphatic hydroxyl groups excluding tert-OH is 1. The number of Topliss-reactive ketones (excluding diaryl/α,β-unsaturated/α-hetero) is 3. The Labute approximate surface area is 102 Å². The van der Waals surface area contributed by atoms with E-state index in [1.165, 1.54) is 26.4 Å². The fraction of sp³-hybridized carbons (Fsp3) is 0.250. The lowest BCUT2D eigenvalue weighted by Gasteiger charge is -2.21. The summed E-state index contributed by atoms with van der Waals surface area (Å²) in [5, 5.41) is 9.43. The smallest absolute Gasteiger partial charge is 0.239 e. The van der Waals surface area contributed by atoms with Crippen molar-refractivity contribution >= 4 is 17.3 Å². The molecule has 0 radical (unpaired) electrons. The summed E-state index contributed by atoms with van der Waals surface area (Å²) < 4.78 is 9.92. The molecule has 1 aliphatic carbocycles. The van der Waals surface area contributed by atoms with Crippen LogP contribution in [0, 0.1) is 0 Å². The molecular formula is C12H10O6. The molecule has 0 amide bonds. The summed E-state index contributed by atoms with van der Waals surface area (Å²) in [4.78, 5) is 35.1. The lowest BCUT2D eigenvalue weighted by atomic mass is 9.85. The van der Waals surface area contributed by atoms with Crippen molar-refractivity contribution in [1.29, 1.82) is 0 Å². The van der Waals surface area contributed by atoms with Gasteiger partial charge in [0.2, 0.25) is 17.3 Å². The molecule has 1 N–H and O–H groups in total. The second kappa shape index (κ2) is 4.23. The van der Waals surface area contributed by atoms with Crippen molar-refractivity contribution < 1.29 is 29.0 Å². The number of ketones is 3. The molecule has 1 aromatic carbocycles. The van der Waals surface area contributed by atoms with Crippen LogP contribution in [0.1, 0.15) is 20.7 Å². The van der Waals surface area contributed by atoms with Crippen LogP contribution in [0.25, 0.3) is 0 Å². The molecule has 1 aromatic rings. The Balaban J connectivity index is 2.80. The van der Waals surface area contributed by atoms with Gasteiger partial charge in [0.05, 0.1) is 25.3 Å². The third-order valence-corrected chi connectivity index (χ3v) is 2.76. The van der Waals surface area contributed by atoms with Crippen LogP contribution in [-0.2, 0) is 4.79 Å². The van der Waals surface area contributed by atoms with E-state index < -0.39 is 23.5 Å². The minimum absolute atomic E-state index is 0.101. The predicted octanol–water partition coefficient (Wildman–Crippen LogP) is 0.0128. The lowest BCUT2D eigenvalue weighted by molar-refractivity contribution is -0.120. The number of carbonyl (C=O) groups excluding carboxylic acids is 3. The highest BCUT2D eigenvalue weighted by molar-refractivity contribution is 6.53. The summed E-state index contributed by atoms with van der Waals surface area (Å²) in [6, 6.07) is 2.86. The molecule has 0 aromatic heterocycles. The number of hydrogen-bond acceptors (Lipinski definition) is 6. The summed E-state index contributed by atoms with van der Waals surface area (Å²) >= 11 is 0. The van der Waals surface area contributed by atoms with Crippen LogP contribution in [0.15, 0.2) is 12.1 Å². The molecule has 6 nitrogen and oxygen atoms in total. The minimum Gasteiger partial charge on any atom is -0.496 e. The van der Waals surface area contributed by atoms with Crippen molar-refractivity contribution in [3.8, 4) is 11.5 Å². The molecule has 18 heavy (non-hydrogen) atoms. The van der Waals surface area contributed by atoms with Gasteiger partial charge in [-0.05, 0) is 12.1 Å². The molecule has 2 rings (SSSR count). The first-order valence-corrected chi connectivity index (χ1v) is 5.08. The van der Waals surface area contributed by atoms with Crippen LogP contribution in [-0.4, -0.2) is 42.8 Å². The van der Waals surface area contributed by atoms with Gasteiger partial charge in [-0.2, -0.15) is 0 Å². The van der Waals surface area contributed by atoms with E-state index in [-0.39, 0.29) is 22.6 Å². The van der Waals surface area contributed by atoms with Gasteiger partial charge in [-0.1, -0.05) is 0 Å². The summed E-state index contributed by atoms with van der Waals surface area (Å²) in [6.45, 7) is 0. The minimum atomic E-state index is -1.97. The highest BCUT2D eigenvalue weighted by atomic mass is 16.5. The first-order valence-electron chi connectivity index (χ1n) is 5.08. The zero-order valence-corrected chi connectivity index (χ0v) is 9.72. The van der Waals surface area contributed by atoms with Gasteiger partial charge < -0.3 is 14.6 Å². The maximum atomic E-state index is 11.9. The summed E-state index contributed by atoms with van der Waals surface area (Å²) in [7, 11) is 2.64. The molecule has 0 saturated carbocycles. The topological polar surface area (TPSA) is 89.9 Å². The maximum absolute atomic E-state index is 11.9. The highest BCUT2D eigenvalue weighted by Gasteiger charge is 2.42. The van der Waals surface area contributed by atoms with Crippen LogP contribution in [0.4, 0.5) is 0 Å². The average Bonchev–Trinajstić information content (AvgIpc) is 2.40. The van der Waals surface area contributed by atoms with Crippen molar-refractivity contribution in [3.63, 3.8) is 0 Å². The number of rotatable bonds is 2. The third kappa shape index (κ3) is 1.50. The first kappa shape index (κ1) is 12.3. The SMILES string of the molecule is COc1ccc(OC)c2c1C(=O)C(=O)C(O)C2=O. The Hall–Kier alpha value is -2.21. The largest absolute Gasteiger partial charge is 0.496 e. The average molecular weight is 250 g/mol. The van der Waals surface area contributed by atoms with Crippen molar-refractivity contribution in [2.75, 3.05) is 14.2 Å². The van der Waals surface area contributed by atoms with E-state index in [1.54, 1.807) is 0 Å². The lowest BCUT2D eigenvalue weighted by Crippen LogP contribution is -2.41. The van der Waals surface area contributed by atoms with E-state index in [1.807, 2.05) is 0 Å². The second-order valence-corrected chi connectivity index (χ2v) is 3.68. The fourth-order valence-corrected chi connectivity index (χ4v) is 1.88. The number of carbonyl (C=O) groups is 3. The van der Waals surface area contributed by atoms with Gasteiger partial charge in [-0.3, -0.25) is 14.4 Å². The summed E-state index contributed by atoms with van der Waals surface area (Å²) in [6.07, 6.45) is -1.97. The first-order chi connectivity index (χ1) is 8.52. The molecule has 0 aliphatic heterocycles. The summed E-state index contributed by atoms with van der Waals surface area (Å²) in [5.74, 6) is -2.74. The highest BCUT2D eigenvalue weighted by Crippen LogP contribution is 2.34. The monoisotopic (exact) mass is 250 g/mol. The Morgan fingerprint density at radius 2 is 1.44 bits per heavy atom. The number of benzene rings is 1. The zero-order chi connectivity index (χ0) is 13.4. The third-order valence-electron chi connectivity index (χ3n) is 2.76. The Morgan fingerprint density at radius 3 is 1.94 bits per heavy atom.